The van der Waals surface area contributed by atoms with Crippen LogP contribution in [-0.4, -0.2) is 59.5 Å². The van der Waals surface area contributed by atoms with Crippen LogP contribution >= 0.6 is 0 Å². The van der Waals surface area contributed by atoms with E-state index in [1.807, 2.05) is 30.3 Å². The van der Waals surface area contributed by atoms with Crippen molar-refractivity contribution >= 4 is 22.6 Å². The van der Waals surface area contributed by atoms with E-state index >= 15 is 0 Å². The summed E-state index contributed by atoms with van der Waals surface area (Å²) in [5.41, 5.74) is 4.08. The minimum atomic E-state index is -0.0109. The third kappa shape index (κ3) is 5.52. The minimum absolute atomic E-state index is 0.0109. The predicted octanol–water partition coefficient (Wildman–Crippen LogP) is 3.88. The summed E-state index contributed by atoms with van der Waals surface area (Å²) in [6.45, 7) is 9.67. The van der Waals surface area contributed by atoms with Crippen molar-refractivity contribution in [2.24, 2.45) is 0 Å². The van der Waals surface area contributed by atoms with E-state index in [1.165, 1.54) is 11.1 Å². The standard InChI is InChI=1S/C27H33N5O/c1-2-31-13-15-32(16-14-31)19-21-9-7-20(8-10-21)18-28-26-17-24(27(33)29-22-11-12-22)23-5-3-4-6-25(23)30-26/h3-10,17,22H,2,11-16,18-19H2,1H3,(H,28,30)(H,29,33). The van der Waals surface area contributed by atoms with Crippen molar-refractivity contribution < 1.29 is 4.79 Å². The molecule has 0 spiro atoms. The van der Waals surface area contributed by atoms with E-state index in [9.17, 15) is 4.79 Å². The highest BCUT2D eigenvalue weighted by Gasteiger charge is 2.25. The van der Waals surface area contributed by atoms with Crippen LogP contribution in [-0.2, 0) is 13.1 Å². The largest absolute Gasteiger partial charge is 0.366 e. The lowest BCUT2D eigenvalue weighted by Gasteiger charge is -2.34. The molecule has 2 fully saturated rings. The Morgan fingerprint density at radius 2 is 1.67 bits per heavy atom. The lowest BCUT2D eigenvalue weighted by molar-refractivity contribution is 0.0952. The fourth-order valence-corrected chi connectivity index (χ4v) is 4.42. The van der Waals surface area contributed by atoms with Crippen molar-refractivity contribution in [3.05, 3.63) is 71.3 Å². The number of hydrogen-bond acceptors (Lipinski definition) is 5. The average Bonchev–Trinajstić information content (AvgIpc) is 3.67. The first-order valence-corrected chi connectivity index (χ1v) is 12.1. The molecule has 1 aromatic heterocycles. The summed E-state index contributed by atoms with van der Waals surface area (Å²) in [5.74, 6) is 0.718. The molecule has 1 amide bonds. The molecule has 2 aliphatic rings. The normalized spacial score (nSPS) is 17.2. The quantitative estimate of drug-likeness (QED) is 0.553. The Morgan fingerprint density at radius 3 is 2.39 bits per heavy atom. The lowest BCUT2D eigenvalue weighted by Crippen LogP contribution is -2.45. The molecular weight excluding hydrogens is 410 g/mol. The van der Waals surface area contributed by atoms with Gasteiger partial charge in [-0.05, 0) is 42.6 Å². The van der Waals surface area contributed by atoms with Crippen LogP contribution in [0.3, 0.4) is 0 Å². The zero-order valence-electron chi connectivity index (χ0n) is 19.4. The number of amides is 1. The Hall–Kier alpha value is -2.96. The topological polar surface area (TPSA) is 60.5 Å². The highest BCUT2D eigenvalue weighted by Crippen LogP contribution is 2.24. The van der Waals surface area contributed by atoms with E-state index < -0.39 is 0 Å². The van der Waals surface area contributed by atoms with E-state index in [0.29, 0.717) is 18.2 Å². The number of para-hydroxylation sites is 1. The van der Waals surface area contributed by atoms with Gasteiger partial charge in [0.25, 0.3) is 5.91 Å². The number of likely N-dealkylation sites (N-methyl/N-ethyl adjacent to an activating group) is 1. The predicted molar refractivity (Wildman–Crippen MR) is 133 cm³/mol. The third-order valence-electron chi connectivity index (χ3n) is 6.69. The van der Waals surface area contributed by atoms with Crippen molar-refractivity contribution in [3.8, 4) is 0 Å². The number of benzene rings is 2. The van der Waals surface area contributed by atoms with E-state index in [4.69, 9.17) is 4.98 Å². The van der Waals surface area contributed by atoms with Gasteiger partial charge in [-0.1, -0.05) is 49.4 Å². The van der Waals surface area contributed by atoms with Gasteiger partial charge in [0.1, 0.15) is 5.82 Å². The number of nitrogens with one attached hydrogen (secondary N) is 2. The Balaban J connectivity index is 1.22. The van der Waals surface area contributed by atoms with E-state index in [0.717, 1.165) is 68.8 Å². The second-order valence-corrected chi connectivity index (χ2v) is 9.20. The molecule has 1 saturated carbocycles. The second-order valence-electron chi connectivity index (χ2n) is 9.20. The van der Waals surface area contributed by atoms with Crippen molar-refractivity contribution in [2.45, 2.75) is 38.9 Å². The number of hydrogen-bond donors (Lipinski definition) is 2. The maximum absolute atomic E-state index is 12.8. The molecule has 0 unspecified atom stereocenters. The number of fused-ring (bicyclic) bond motifs is 1. The number of carbonyl (C=O) groups excluding carboxylic acids is 1. The van der Waals surface area contributed by atoms with Gasteiger partial charge in [0, 0.05) is 50.7 Å². The molecular formula is C27H33N5O. The summed E-state index contributed by atoms with van der Waals surface area (Å²) in [4.78, 5) is 22.6. The van der Waals surface area contributed by atoms with Crippen LogP contribution in [0.25, 0.3) is 10.9 Å². The first-order chi connectivity index (χ1) is 16.2. The molecule has 6 heteroatoms. The number of rotatable bonds is 8. The summed E-state index contributed by atoms with van der Waals surface area (Å²) in [7, 11) is 0. The second kappa shape index (κ2) is 9.89. The number of aromatic nitrogens is 1. The van der Waals surface area contributed by atoms with Gasteiger partial charge in [0.2, 0.25) is 0 Å². The van der Waals surface area contributed by atoms with E-state index in [2.05, 4.69) is 51.6 Å². The molecule has 2 N–H and O–H groups in total. The molecule has 1 aliphatic heterocycles. The number of pyridine rings is 1. The number of piperazine rings is 1. The molecule has 0 atom stereocenters. The molecule has 2 aromatic carbocycles. The fourth-order valence-electron chi connectivity index (χ4n) is 4.42. The average molecular weight is 444 g/mol. The molecule has 0 bridgehead atoms. The summed E-state index contributed by atoms with van der Waals surface area (Å²) < 4.78 is 0. The molecule has 33 heavy (non-hydrogen) atoms. The van der Waals surface area contributed by atoms with Gasteiger partial charge in [0.05, 0.1) is 11.1 Å². The number of carbonyl (C=O) groups is 1. The first-order valence-electron chi connectivity index (χ1n) is 12.1. The van der Waals surface area contributed by atoms with Crippen LogP contribution in [0.5, 0.6) is 0 Å². The first kappa shape index (κ1) is 21.9. The minimum Gasteiger partial charge on any atom is -0.366 e. The van der Waals surface area contributed by atoms with Gasteiger partial charge in [-0.15, -0.1) is 0 Å². The summed E-state index contributed by atoms with van der Waals surface area (Å²) >= 11 is 0. The highest BCUT2D eigenvalue weighted by atomic mass is 16.1. The Kier molecular flexibility index (Phi) is 6.55. The monoisotopic (exact) mass is 443 g/mol. The van der Waals surface area contributed by atoms with Gasteiger partial charge in [-0.2, -0.15) is 0 Å². The van der Waals surface area contributed by atoms with Crippen LogP contribution in [0, 0.1) is 0 Å². The van der Waals surface area contributed by atoms with Crippen molar-refractivity contribution in [3.63, 3.8) is 0 Å². The Morgan fingerprint density at radius 1 is 0.970 bits per heavy atom. The Labute approximate surface area is 196 Å². The molecule has 6 nitrogen and oxygen atoms in total. The molecule has 1 saturated heterocycles. The van der Waals surface area contributed by atoms with E-state index in [1.54, 1.807) is 0 Å². The fraction of sp³-hybridized carbons (Fsp3) is 0.407. The molecule has 3 aromatic rings. The van der Waals surface area contributed by atoms with Gasteiger partial charge < -0.3 is 15.5 Å². The molecule has 1 aliphatic carbocycles. The van der Waals surface area contributed by atoms with Gasteiger partial charge in [-0.3, -0.25) is 9.69 Å². The Bertz CT molecular complexity index is 1100. The SMILES string of the molecule is CCN1CCN(Cc2ccc(CNc3cc(C(=O)NC4CC4)c4ccccc4n3)cc2)CC1. The van der Waals surface area contributed by atoms with Gasteiger partial charge in [-0.25, -0.2) is 4.98 Å². The van der Waals surface area contributed by atoms with Gasteiger partial charge in [0.15, 0.2) is 0 Å². The molecule has 0 radical (unpaired) electrons. The zero-order chi connectivity index (χ0) is 22.6. The number of anilines is 1. The zero-order valence-corrected chi connectivity index (χ0v) is 19.4. The highest BCUT2D eigenvalue weighted by molar-refractivity contribution is 6.07. The van der Waals surface area contributed by atoms with Crippen LogP contribution in [0.2, 0.25) is 0 Å². The van der Waals surface area contributed by atoms with Crippen LogP contribution in [0.1, 0.15) is 41.3 Å². The summed E-state index contributed by atoms with van der Waals surface area (Å²) in [6.07, 6.45) is 2.15. The number of nitrogens with zero attached hydrogens (tertiary/aromatic N) is 3. The van der Waals surface area contributed by atoms with Gasteiger partial charge >= 0.3 is 0 Å². The van der Waals surface area contributed by atoms with Crippen LogP contribution < -0.4 is 10.6 Å². The third-order valence-corrected chi connectivity index (χ3v) is 6.69. The molecule has 5 rings (SSSR count). The summed E-state index contributed by atoms with van der Waals surface area (Å²) in [6, 6.07) is 18.9. The molecule has 172 valence electrons. The summed E-state index contributed by atoms with van der Waals surface area (Å²) in [5, 5.41) is 7.42. The van der Waals surface area contributed by atoms with Crippen LogP contribution in [0.4, 0.5) is 5.82 Å². The van der Waals surface area contributed by atoms with Crippen molar-refractivity contribution in [2.75, 3.05) is 38.0 Å². The van der Waals surface area contributed by atoms with E-state index in [-0.39, 0.29) is 5.91 Å². The molecule has 2 heterocycles. The lowest BCUT2D eigenvalue weighted by atomic mass is 10.1. The van der Waals surface area contributed by atoms with Crippen molar-refractivity contribution in [1.82, 2.24) is 20.1 Å². The smallest absolute Gasteiger partial charge is 0.252 e. The maximum atomic E-state index is 12.8. The van der Waals surface area contributed by atoms with Crippen LogP contribution in [0.15, 0.2) is 54.6 Å². The van der Waals surface area contributed by atoms with Crippen molar-refractivity contribution in [1.29, 1.82) is 0 Å². The maximum Gasteiger partial charge on any atom is 0.252 e.